The van der Waals surface area contributed by atoms with Crippen LogP contribution < -0.4 is 5.32 Å². The number of amides is 4. The molecule has 4 aliphatic rings. The maximum Gasteiger partial charge on any atom is 0.255 e. The van der Waals surface area contributed by atoms with Gasteiger partial charge in [0, 0.05) is 55.4 Å². The maximum absolute atomic E-state index is 13.4. The first kappa shape index (κ1) is 20.1. The topological polar surface area (TPSA) is 86.8 Å². The number of fused-ring (bicyclic) bond motifs is 1. The number of hydrogen-bond donors (Lipinski definition) is 1. The lowest BCUT2D eigenvalue weighted by molar-refractivity contribution is -0.136. The third-order valence-corrected chi connectivity index (χ3v) is 7.15. The first-order chi connectivity index (χ1) is 14.7. The lowest BCUT2D eigenvalue weighted by Crippen LogP contribution is -2.60. The number of halogens is 2. The van der Waals surface area contributed by atoms with Crippen molar-refractivity contribution in [3.8, 4) is 0 Å². The average molecular weight is 431 g/mol. The van der Waals surface area contributed by atoms with Crippen LogP contribution in [0, 0.1) is 5.41 Å². The second kappa shape index (κ2) is 6.83. The molecule has 3 fully saturated rings. The van der Waals surface area contributed by atoms with Crippen LogP contribution >= 0.6 is 0 Å². The first-order valence-electron chi connectivity index (χ1n) is 10.6. The molecule has 1 aliphatic carbocycles. The fourth-order valence-electron chi connectivity index (χ4n) is 5.26. The predicted octanol–water partition coefficient (Wildman–Crippen LogP) is 2.10. The van der Waals surface area contributed by atoms with Crippen molar-refractivity contribution in [3.63, 3.8) is 0 Å². The molecule has 1 aromatic carbocycles. The molecule has 1 spiro atoms. The highest BCUT2D eigenvalue weighted by Gasteiger charge is 2.51. The predicted molar refractivity (Wildman–Crippen MR) is 104 cm³/mol. The van der Waals surface area contributed by atoms with Crippen LogP contribution in [0.5, 0.6) is 0 Å². The highest BCUT2D eigenvalue weighted by molar-refractivity contribution is 6.06. The molecule has 5 rings (SSSR count). The first-order valence-corrected chi connectivity index (χ1v) is 10.6. The Kier molecular flexibility index (Phi) is 4.43. The summed E-state index contributed by atoms with van der Waals surface area (Å²) >= 11 is 0. The van der Waals surface area contributed by atoms with E-state index in [9.17, 15) is 28.0 Å². The van der Waals surface area contributed by atoms with Gasteiger partial charge in [-0.15, -0.1) is 0 Å². The lowest BCUT2D eigenvalue weighted by atomic mass is 9.67. The van der Waals surface area contributed by atoms with E-state index in [4.69, 9.17) is 0 Å². The summed E-state index contributed by atoms with van der Waals surface area (Å²) in [7, 11) is 0. The fraction of sp³-hybridized carbons (Fsp3) is 0.545. The Morgan fingerprint density at radius 3 is 2.45 bits per heavy atom. The lowest BCUT2D eigenvalue weighted by Gasteiger charge is -2.53. The van der Waals surface area contributed by atoms with Gasteiger partial charge in [0.1, 0.15) is 6.04 Å². The molecule has 4 amide bonds. The molecule has 164 valence electrons. The molecule has 0 aromatic heterocycles. The molecule has 1 unspecified atom stereocenters. The third kappa shape index (κ3) is 3.40. The van der Waals surface area contributed by atoms with E-state index >= 15 is 0 Å². The van der Waals surface area contributed by atoms with E-state index in [1.54, 1.807) is 23.1 Å². The molecule has 7 nitrogen and oxygen atoms in total. The van der Waals surface area contributed by atoms with Gasteiger partial charge < -0.3 is 9.80 Å². The smallest absolute Gasteiger partial charge is 0.255 e. The van der Waals surface area contributed by atoms with Crippen LogP contribution in [0.15, 0.2) is 18.2 Å². The molecule has 3 aliphatic heterocycles. The highest BCUT2D eigenvalue weighted by atomic mass is 19.3. The van der Waals surface area contributed by atoms with Crippen LogP contribution in [0.25, 0.3) is 0 Å². The Morgan fingerprint density at radius 1 is 1.06 bits per heavy atom. The Balaban J connectivity index is 1.26. The van der Waals surface area contributed by atoms with Crippen molar-refractivity contribution in [2.24, 2.45) is 5.41 Å². The molecule has 0 radical (unpaired) electrons. The number of hydrogen-bond acceptors (Lipinski definition) is 4. The largest absolute Gasteiger partial charge is 0.337 e. The summed E-state index contributed by atoms with van der Waals surface area (Å²) in [6.07, 6.45) is 1.10. The molecular formula is C22H23F2N3O4. The fourth-order valence-corrected chi connectivity index (χ4v) is 5.26. The van der Waals surface area contributed by atoms with Crippen molar-refractivity contribution < 1.29 is 28.0 Å². The minimum Gasteiger partial charge on any atom is -0.337 e. The number of piperidine rings is 1. The van der Waals surface area contributed by atoms with Crippen LogP contribution in [0.2, 0.25) is 0 Å². The van der Waals surface area contributed by atoms with Crippen molar-refractivity contribution in [1.82, 2.24) is 15.1 Å². The maximum atomic E-state index is 13.4. The van der Waals surface area contributed by atoms with E-state index in [2.05, 4.69) is 5.32 Å². The molecule has 3 heterocycles. The van der Waals surface area contributed by atoms with E-state index in [1.807, 2.05) is 0 Å². The summed E-state index contributed by atoms with van der Waals surface area (Å²) in [5.41, 5.74) is 1.39. The minimum atomic E-state index is -2.59. The Labute approximate surface area is 177 Å². The monoisotopic (exact) mass is 431 g/mol. The van der Waals surface area contributed by atoms with Crippen LogP contribution in [0.4, 0.5) is 8.78 Å². The number of alkyl halides is 2. The van der Waals surface area contributed by atoms with Gasteiger partial charge in [0.15, 0.2) is 0 Å². The SMILES string of the molecule is O=C1CCC(N2Cc3cc(C(=O)N4CC5(CCC(F)(F)CC5)C4)ccc3C2=O)C(=O)N1. The van der Waals surface area contributed by atoms with Crippen LogP contribution in [-0.2, 0) is 16.1 Å². The molecule has 31 heavy (non-hydrogen) atoms. The van der Waals surface area contributed by atoms with Gasteiger partial charge in [-0.2, -0.15) is 0 Å². The Hall–Kier alpha value is -2.84. The van der Waals surface area contributed by atoms with Crippen molar-refractivity contribution in [3.05, 3.63) is 34.9 Å². The summed E-state index contributed by atoms with van der Waals surface area (Å²) < 4.78 is 26.9. The normalized spacial score (nSPS) is 26.5. The average Bonchev–Trinajstić information content (AvgIpc) is 3.02. The number of nitrogens with one attached hydrogen (secondary N) is 1. The second-order valence-electron chi connectivity index (χ2n) is 9.29. The number of carbonyl (C=O) groups excluding carboxylic acids is 4. The summed E-state index contributed by atoms with van der Waals surface area (Å²) in [5.74, 6) is -3.85. The van der Waals surface area contributed by atoms with Crippen LogP contribution in [0.1, 0.15) is 64.8 Å². The quantitative estimate of drug-likeness (QED) is 0.727. The number of benzene rings is 1. The van der Waals surface area contributed by atoms with Gasteiger partial charge >= 0.3 is 0 Å². The minimum absolute atomic E-state index is 0.119. The summed E-state index contributed by atoms with van der Waals surface area (Å²) in [6, 6.07) is 4.19. The number of rotatable bonds is 2. The molecule has 1 atom stereocenters. The molecule has 1 aromatic rings. The standard InChI is InChI=1S/C22H23F2N3O4/c23-22(24)7-5-21(6-8-22)11-26(12-21)19(30)13-1-2-15-14(9-13)10-27(20(15)31)16-3-4-17(28)25-18(16)29/h1-2,9,16H,3-8,10-12H2,(H,25,28,29). The molecule has 0 bridgehead atoms. The van der Waals surface area contributed by atoms with E-state index < -0.39 is 17.9 Å². The highest BCUT2D eigenvalue weighted by Crippen LogP contribution is 2.49. The summed E-state index contributed by atoms with van der Waals surface area (Å²) in [5, 5.41) is 2.27. The van der Waals surface area contributed by atoms with Gasteiger partial charge in [0.2, 0.25) is 17.7 Å². The van der Waals surface area contributed by atoms with Crippen molar-refractivity contribution in [2.75, 3.05) is 13.1 Å². The van der Waals surface area contributed by atoms with Crippen LogP contribution in [-0.4, -0.2) is 58.5 Å². The molecule has 9 heteroatoms. The molecule has 1 saturated carbocycles. The van der Waals surface area contributed by atoms with Crippen molar-refractivity contribution >= 4 is 23.6 Å². The zero-order valence-corrected chi connectivity index (χ0v) is 17.0. The van der Waals surface area contributed by atoms with E-state index in [0.717, 1.165) is 0 Å². The number of likely N-dealkylation sites (tertiary alicyclic amines) is 1. The van der Waals surface area contributed by atoms with Gasteiger partial charge in [-0.3, -0.25) is 24.5 Å². The molecular weight excluding hydrogens is 408 g/mol. The number of nitrogens with zero attached hydrogens (tertiary/aromatic N) is 2. The zero-order chi connectivity index (χ0) is 22.0. The van der Waals surface area contributed by atoms with Gasteiger partial charge in [-0.1, -0.05) is 0 Å². The molecule has 1 N–H and O–H groups in total. The van der Waals surface area contributed by atoms with Gasteiger partial charge in [0.05, 0.1) is 0 Å². The van der Waals surface area contributed by atoms with Crippen molar-refractivity contribution in [2.45, 2.75) is 57.0 Å². The van der Waals surface area contributed by atoms with E-state index in [0.29, 0.717) is 42.6 Å². The second-order valence-corrected chi connectivity index (χ2v) is 9.29. The van der Waals surface area contributed by atoms with Gasteiger partial charge in [-0.25, -0.2) is 8.78 Å². The van der Waals surface area contributed by atoms with Gasteiger partial charge in [0.25, 0.3) is 11.8 Å². The Bertz CT molecular complexity index is 990. The number of carbonyl (C=O) groups is 4. The Morgan fingerprint density at radius 2 is 1.77 bits per heavy atom. The van der Waals surface area contributed by atoms with Gasteiger partial charge in [-0.05, 0) is 43.0 Å². The van der Waals surface area contributed by atoms with Crippen molar-refractivity contribution in [1.29, 1.82) is 0 Å². The third-order valence-electron chi connectivity index (χ3n) is 7.15. The van der Waals surface area contributed by atoms with E-state index in [-0.39, 0.29) is 55.4 Å². The summed E-state index contributed by atoms with van der Waals surface area (Å²) in [6.45, 7) is 1.18. The van der Waals surface area contributed by atoms with E-state index in [1.165, 1.54) is 4.90 Å². The molecule has 2 saturated heterocycles. The summed E-state index contributed by atoms with van der Waals surface area (Å²) in [4.78, 5) is 52.3. The van der Waals surface area contributed by atoms with Crippen LogP contribution in [0.3, 0.4) is 0 Å². The number of imide groups is 1. The zero-order valence-electron chi connectivity index (χ0n) is 17.0.